The molecule has 0 saturated heterocycles. The van der Waals surface area contributed by atoms with E-state index in [2.05, 4.69) is 10.5 Å². The van der Waals surface area contributed by atoms with Crippen LogP contribution in [0.4, 0.5) is 0 Å². The van der Waals surface area contributed by atoms with E-state index in [4.69, 9.17) is 5.26 Å². The number of nitrogens with zero attached hydrogens (tertiary/aromatic N) is 2. The summed E-state index contributed by atoms with van der Waals surface area (Å²) in [5.41, 5.74) is 3.85. The van der Waals surface area contributed by atoms with Gasteiger partial charge in [-0.05, 0) is 20.8 Å². The van der Waals surface area contributed by atoms with Gasteiger partial charge in [-0.1, -0.05) is 5.57 Å². The van der Waals surface area contributed by atoms with E-state index in [-0.39, 0.29) is 5.92 Å². The molecule has 0 heterocycles. The van der Waals surface area contributed by atoms with Crippen molar-refractivity contribution in [2.45, 2.75) is 20.8 Å². The second-order valence-corrected chi connectivity index (χ2v) is 2.55. The van der Waals surface area contributed by atoms with E-state index < -0.39 is 0 Å². The lowest BCUT2D eigenvalue weighted by atomic mass is 10.2. The average molecular weight is 151 g/mol. The van der Waals surface area contributed by atoms with Gasteiger partial charge in [0, 0.05) is 12.4 Å². The molecule has 0 spiro atoms. The SMILES string of the molecule is CC(C)=CN/N=C\C(C)C#N. The number of hydrogen-bond donors (Lipinski definition) is 1. The Balaban J connectivity index is 3.63. The molecule has 3 heteroatoms. The van der Waals surface area contributed by atoms with Crippen molar-refractivity contribution in [1.29, 1.82) is 5.26 Å². The predicted octanol–water partition coefficient (Wildman–Crippen LogP) is 1.65. The number of nitriles is 1. The molecule has 0 aromatic carbocycles. The Morgan fingerprint density at radius 1 is 1.64 bits per heavy atom. The zero-order valence-electron chi connectivity index (χ0n) is 7.13. The summed E-state index contributed by atoms with van der Waals surface area (Å²) in [5.74, 6) is -0.131. The Morgan fingerprint density at radius 2 is 2.27 bits per heavy atom. The van der Waals surface area contributed by atoms with Crippen molar-refractivity contribution in [3.05, 3.63) is 11.8 Å². The Kier molecular flexibility index (Phi) is 4.83. The van der Waals surface area contributed by atoms with Gasteiger partial charge in [0.25, 0.3) is 0 Å². The van der Waals surface area contributed by atoms with Gasteiger partial charge in [0.1, 0.15) is 0 Å². The third kappa shape index (κ3) is 6.59. The van der Waals surface area contributed by atoms with Crippen LogP contribution in [0.2, 0.25) is 0 Å². The fourth-order valence-corrected chi connectivity index (χ4v) is 0.355. The number of hydrogen-bond acceptors (Lipinski definition) is 3. The largest absolute Gasteiger partial charge is 0.286 e. The van der Waals surface area contributed by atoms with Gasteiger partial charge in [-0.3, -0.25) is 5.43 Å². The number of hydrazone groups is 1. The molecule has 0 amide bonds. The quantitative estimate of drug-likeness (QED) is 0.492. The Labute approximate surface area is 67.4 Å². The first-order chi connectivity index (χ1) is 5.16. The van der Waals surface area contributed by atoms with Crippen LogP contribution in [0.25, 0.3) is 0 Å². The Morgan fingerprint density at radius 3 is 2.73 bits per heavy atom. The maximum atomic E-state index is 8.36. The van der Waals surface area contributed by atoms with Gasteiger partial charge in [0.05, 0.1) is 12.0 Å². The molecule has 0 bridgehead atoms. The van der Waals surface area contributed by atoms with E-state index >= 15 is 0 Å². The summed E-state index contributed by atoms with van der Waals surface area (Å²) in [6, 6.07) is 2.04. The van der Waals surface area contributed by atoms with Crippen molar-refractivity contribution < 1.29 is 0 Å². The first-order valence-electron chi connectivity index (χ1n) is 3.48. The van der Waals surface area contributed by atoms with Crippen molar-refractivity contribution in [1.82, 2.24) is 5.43 Å². The minimum absolute atomic E-state index is 0.131. The molecular weight excluding hydrogens is 138 g/mol. The van der Waals surface area contributed by atoms with Gasteiger partial charge >= 0.3 is 0 Å². The van der Waals surface area contributed by atoms with Crippen LogP contribution < -0.4 is 5.43 Å². The molecule has 0 aromatic rings. The molecule has 0 saturated carbocycles. The molecule has 0 aliphatic heterocycles. The molecule has 0 aliphatic rings. The smallest absolute Gasteiger partial charge is 0.0805 e. The summed E-state index contributed by atoms with van der Waals surface area (Å²) in [5, 5.41) is 12.2. The molecule has 0 rings (SSSR count). The molecule has 1 atom stereocenters. The minimum atomic E-state index is -0.131. The molecular formula is C8H13N3. The lowest BCUT2D eigenvalue weighted by Crippen LogP contribution is -1.99. The van der Waals surface area contributed by atoms with Crippen LogP contribution in [0.1, 0.15) is 20.8 Å². The topological polar surface area (TPSA) is 48.2 Å². The van der Waals surface area contributed by atoms with Crippen LogP contribution in [-0.2, 0) is 0 Å². The molecule has 0 aromatic heterocycles. The number of rotatable bonds is 3. The second kappa shape index (κ2) is 5.48. The summed E-state index contributed by atoms with van der Waals surface area (Å²) < 4.78 is 0. The summed E-state index contributed by atoms with van der Waals surface area (Å²) in [4.78, 5) is 0. The van der Waals surface area contributed by atoms with Crippen LogP contribution in [0, 0.1) is 17.2 Å². The monoisotopic (exact) mass is 151 g/mol. The molecule has 11 heavy (non-hydrogen) atoms. The van der Waals surface area contributed by atoms with Gasteiger partial charge in [-0.2, -0.15) is 10.4 Å². The molecule has 0 fully saturated rings. The maximum Gasteiger partial charge on any atom is 0.0805 e. The maximum absolute atomic E-state index is 8.36. The van der Waals surface area contributed by atoms with Gasteiger partial charge in [0.15, 0.2) is 0 Å². The van der Waals surface area contributed by atoms with Gasteiger partial charge in [-0.15, -0.1) is 0 Å². The van der Waals surface area contributed by atoms with Crippen LogP contribution in [0.5, 0.6) is 0 Å². The predicted molar refractivity (Wildman–Crippen MR) is 45.8 cm³/mol. The first-order valence-corrected chi connectivity index (χ1v) is 3.48. The highest BCUT2D eigenvalue weighted by Crippen LogP contribution is 1.85. The fourth-order valence-electron chi connectivity index (χ4n) is 0.355. The van der Waals surface area contributed by atoms with Crippen molar-refractivity contribution in [2.24, 2.45) is 11.0 Å². The van der Waals surface area contributed by atoms with E-state index in [1.165, 1.54) is 0 Å². The lowest BCUT2D eigenvalue weighted by Gasteiger charge is -1.92. The Bertz CT molecular complexity index is 194. The van der Waals surface area contributed by atoms with Crippen molar-refractivity contribution >= 4 is 6.21 Å². The highest BCUT2D eigenvalue weighted by atomic mass is 15.3. The number of nitrogens with one attached hydrogen (secondary N) is 1. The van der Waals surface area contributed by atoms with Crippen molar-refractivity contribution in [3.63, 3.8) is 0 Å². The molecule has 1 N–H and O–H groups in total. The summed E-state index contributed by atoms with van der Waals surface area (Å²) in [6.07, 6.45) is 3.35. The third-order valence-corrected chi connectivity index (χ3v) is 0.930. The third-order valence-electron chi connectivity index (χ3n) is 0.930. The van der Waals surface area contributed by atoms with Crippen molar-refractivity contribution in [3.8, 4) is 6.07 Å². The zero-order valence-corrected chi connectivity index (χ0v) is 7.13. The van der Waals surface area contributed by atoms with Gasteiger partial charge < -0.3 is 0 Å². The standard InChI is InChI=1S/C8H13N3/c1-7(2)5-10-11-6-8(3)4-9/h5-6,8,10H,1-3H3/b11-6-. The highest BCUT2D eigenvalue weighted by molar-refractivity contribution is 5.63. The molecule has 1 unspecified atom stereocenters. The van der Waals surface area contributed by atoms with Crippen LogP contribution in [0.15, 0.2) is 16.9 Å². The highest BCUT2D eigenvalue weighted by Gasteiger charge is 1.89. The van der Waals surface area contributed by atoms with E-state index in [1.54, 1.807) is 19.3 Å². The molecule has 0 aliphatic carbocycles. The summed E-state index contributed by atoms with van der Waals surface area (Å²) >= 11 is 0. The zero-order chi connectivity index (χ0) is 8.69. The van der Waals surface area contributed by atoms with Gasteiger partial charge in [-0.25, -0.2) is 0 Å². The van der Waals surface area contributed by atoms with Crippen LogP contribution >= 0.6 is 0 Å². The van der Waals surface area contributed by atoms with Gasteiger partial charge in [0.2, 0.25) is 0 Å². The first kappa shape index (κ1) is 9.70. The molecule has 60 valence electrons. The molecule has 0 radical (unpaired) electrons. The van der Waals surface area contributed by atoms with E-state index in [9.17, 15) is 0 Å². The second-order valence-electron chi connectivity index (χ2n) is 2.55. The summed E-state index contributed by atoms with van der Waals surface area (Å²) in [6.45, 7) is 5.72. The lowest BCUT2D eigenvalue weighted by molar-refractivity contribution is 0.925. The van der Waals surface area contributed by atoms with Crippen LogP contribution in [0.3, 0.4) is 0 Å². The van der Waals surface area contributed by atoms with E-state index in [0.717, 1.165) is 5.57 Å². The Hall–Kier alpha value is -1.30. The number of allylic oxidation sites excluding steroid dienone is 1. The molecule has 3 nitrogen and oxygen atoms in total. The van der Waals surface area contributed by atoms with E-state index in [1.807, 2.05) is 19.9 Å². The van der Waals surface area contributed by atoms with Crippen molar-refractivity contribution in [2.75, 3.05) is 0 Å². The minimum Gasteiger partial charge on any atom is -0.286 e. The average Bonchev–Trinajstić information content (AvgIpc) is 1.97. The van der Waals surface area contributed by atoms with E-state index in [0.29, 0.717) is 0 Å². The fraction of sp³-hybridized carbons (Fsp3) is 0.500. The summed E-state index contributed by atoms with van der Waals surface area (Å²) in [7, 11) is 0. The van der Waals surface area contributed by atoms with Crippen LogP contribution in [-0.4, -0.2) is 6.21 Å². The normalized spacial score (nSPS) is 12.2.